The largest absolute Gasteiger partial charge is 0.492 e. The highest BCUT2D eigenvalue weighted by molar-refractivity contribution is 5.28. The first-order valence-electron chi connectivity index (χ1n) is 7.41. The van der Waals surface area contributed by atoms with Crippen LogP contribution < -0.4 is 10.5 Å². The Bertz CT molecular complexity index is 375. The second-order valence-electron chi connectivity index (χ2n) is 5.47. The first-order valence-corrected chi connectivity index (χ1v) is 7.41. The maximum Gasteiger partial charge on any atom is 0.119 e. The summed E-state index contributed by atoms with van der Waals surface area (Å²) in [6.07, 6.45) is 6.87. The van der Waals surface area contributed by atoms with Crippen LogP contribution in [0.5, 0.6) is 5.75 Å². The zero-order chi connectivity index (χ0) is 13.5. The van der Waals surface area contributed by atoms with E-state index in [2.05, 4.69) is 11.9 Å². The minimum Gasteiger partial charge on any atom is -0.492 e. The molecule has 2 rings (SSSR count). The monoisotopic (exact) mass is 262 g/mol. The fourth-order valence-electron chi connectivity index (χ4n) is 2.77. The standard InChI is InChI=1S/C16H26N2O/c1-18(15-7-3-2-4-8-15)10-11-19-16-9-5-6-14(12-16)13-17/h5-6,9,12,15H,2-4,7-8,10-11,13,17H2,1H3. The highest BCUT2D eigenvalue weighted by Crippen LogP contribution is 2.21. The van der Waals surface area contributed by atoms with E-state index in [1.165, 1.54) is 32.1 Å². The van der Waals surface area contributed by atoms with Crippen molar-refractivity contribution in [2.24, 2.45) is 5.73 Å². The molecule has 106 valence electrons. The normalized spacial score (nSPS) is 16.8. The van der Waals surface area contributed by atoms with Gasteiger partial charge in [0, 0.05) is 19.1 Å². The van der Waals surface area contributed by atoms with Crippen molar-refractivity contribution in [3.8, 4) is 5.75 Å². The topological polar surface area (TPSA) is 38.5 Å². The first-order chi connectivity index (χ1) is 9.29. The van der Waals surface area contributed by atoms with Crippen molar-refractivity contribution in [3.63, 3.8) is 0 Å². The molecule has 0 bridgehead atoms. The highest BCUT2D eigenvalue weighted by Gasteiger charge is 2.17. The molecule has 1 fully saturated rings. The third-order valence-electron chi connectivity index (χ3n) is 4.04. The molecular weight excluding hydrogens is 236 g/mol. The molecule has 0 atom stereocenters. The van der Waals surface area contributed by atoms with E-state index in [0.717, 1.165) is 30.5 Å². The number of hydrogen-bond donors (Lipinski definition) is 1. The van der Waals surface area contributed by atoms with E-state index in [4.69, 9.17) is 10.5 Å². The lowest BCUT2D eigenvalue weighted by Crippen LogP contribution is -2.36. The molecule has 0 aromatic heterocycles. The molecule has 3 nitrogen and oxygen atoms in total. The quantitative estimate of drug-likeness (QED) is 0.856. The van der Waals surface area contributed by atoms with Crippen molar-refractivity contribution in [1.82, 2.24) is 4.90 Å². The molecule has 0 amide bonds. The lowest BCUT2D eigenvalue weighted by molar-refractivity contribution is 0.160. The average Bonchev–Trinajstić information content (AvgIpc) is 2.48. The molecule has 0 heterocycles. The molecule has 19 heavy (non-hydrogen) atoms. The molecule has 1 aromatic rings. The highest BCUT2D eigenvalue weighted by atomic mass is 16.5. The van der Waals surface area contributed by atoms with Crippen molar-refractivity contribution >= 4 is 0 Å². The zero-order valence-corrected chi connectivity index (χ0v) is 12.0. The van der Waals surface area contributed by atoms with Crippen molar-refractivity contribution in [2.45, 2.75) is 44.7 Å². The predicted octanol–water partition coefficient (Wildman–Crippen LogP) is 2.79. The molecule has 3 heteroatoms. The van der Waals surface area contributed by atoms with Crippen LogP contribution in [0.15, 0.2) is 24.3 Å². The van der Waals surface area contributed by atoms with Crippen molar-refractivity contribution < 1.29 is 4.74 Å². The van der Waals surface area contributed by atoms with Gasteiger partial charge >= 0.3 is 0 Å². The summed E-state index contributed by atoms with van der Waals surface area (Å²) in [5.74, 6) is 0.931. The molecule has 1 aliphatic carbocycles. The van der Waals surface area contributed by atoms with Gasteiger partial charge in [0.2, 0.25) is 0 Å². The van der Waals surface area contributed by atoms with Gasteiger partial charge in [-0.2, -0.15) is 0 Å². The Labute approximate surface area is 116 Å². The van der Waals surface area contributed by atoms with Gasteiger partial charge in [-0.25, -0.2) is 0 Å². The Morgan fingerprint density at radius 2 is 2.05 bits per heavy atom. The smallest absolute Gasteiger partial charge is 0.119 e. The summed E-state index contributed by atoms with van der Waals surface area (Å²) in [7, 11) is 2.22. The molecule has 1 saturated carbocycles. The van der Waals surface area contributed by atoms with Crippen molar-refractivity contribution in [3.05, 3.63) is 29.8 Å². The average molecular weight is 262 g/mol. The van der Waals surface area contributed by atoms with Gasteiger partial charge in [-0.1, -0.05) is 31.4 Å². The fraction of sp³-hybridized carbons (Fsp3) is 0.625. The summed E-state index contributed by atoms with van der Waals surface area (Å²) in [5.41, 5.74) is 6.75. The SMILES string of the molecule is CN(CCOc1cccc(CN)c1)C1CCCCC1. The van der Waals surface area contributed by atoms with E-state index in [-0.39, 0.29) is 0 Å². The lowest BCUT2D eigenvalue weighted by atomic mass is 9.94. The van der Waals surface area contributed by atoms with E-state index in [1.54, 1.807) is 0 Å². The van der Waals surface area contributed by atoms with Crippen molar-refractivity contribution in [1.29, 1.82) is 0 Å². The summed E-state index contributed by atoms with van der Waals surface area (Å²) in [6.45, 7) is 2.32. The summed E-state index contributed by atoms with van der Waals surface area (Å²) < 4.78 is 5.81. The van der Waals surface area contributed by atoms with Crippen LogP contribution in [-0.4, -0.2) is 31.1 Å². The Morgan fingerprint density at radius 1 is 1.26 bits per heavy atom. The van der Waals surface area contributed by atoms with Gasteiger partial charge in [-0.3, -0.25) is 0 Å². The molecule has 0 unspecified atom stereocenters. The van der Waals surface area contributed by atoms with E-state index in [1.807, 2.05) is 24.3 Å². The number of hydrogen-bond acceptors (Lipinski definition) is 3. The second kappa shape index (κ2) is 7.51. The van der Waals surface area contributed by atoms with Gasteiger partial charge in [0.05, 0.1) is 0 Å². The second-order valence-corrected chi connectivity index (χ2v) is 5.47. The minimum atomic E-state index is 0.569. The number of ether oxygens (including phenoxy) is 1. The van der Waals surface area contributed by atoms with Crippen molar-refractivity contribution in [2.75, 3.05) is 20.2 Å². The number of rotatable bonds is 6. The Hall–Kier alpha value is -1.06. The van der Waals surface area contributed by atoms with E-state index in [9.17, 15) is 0 Å². The van der Waals surface area contributed by atoms with E-state index < -0.39 is 0 Å². The van der Waals surface area contributed by atoms with Gasteiger partial charge in [-0.05, 0) is 37.6 Å². The van der Waals surface area contributed by atoms with E-state index in [0.29, 0.717) is 6.54 Å². The molecule has 0 saturated heterocycles. The maximum atomic E-state index is 5.81. The van der Waals surface area contributed by atoms with Gasteiger partial charge in [0.1, 0.15) is 12.4 Å². The summed E-state index contributed by atoms with van der Waals surface area (Å²) in [5, 5.41) is 0. The van der Waals surface area contributed by atoms with Crippen LogP contribution >= 0.6 is 0 Å². The van der Waals surface area contributed by atoms with Crippen LogP contribution in [-0.2, 0) is 6.54 Å². The van der Waals surface area contributed by atoms with Crippen LogP contribution in [0.2, 0.25) is 0 Å². The minimum absolute atomic E-state index is 0.569. The van der Waals surface area contributed by atoms with Crippen LogP contribution in [0, 0.1) is 0 Å². The number of likely N-dealkylation sites (N-methyl/N-ethyl adjacent to an activating group) is 1. The molecule has 0 spiro atoms. The third kappa shape index (κ3) is 4.51. The summed E-state index contributed by atoms with van der Waals surface area (Å²) in [6, 6.07) is 8.82. The Balaban J connectivity index is 1.72. The molecule has 0 radical (unpaired) electrons. The molecular formula is C16H26N2O. The maximum absolute atomic E-state index is 5.81. The van der Waals surface area contributed by atoms with Gasteiger partial charge < -0.3 is 15.4 Å². The number of benzene rings is 1. The number of nitrogens with two attached hydrogens (primary N) is 1. The van der Waals surface area contributed by atoms with Gasteiger partial charge in [0.15, 0.2) is 0 Å². The van der Waals surface area contributed by atoms with Gasteiger partial charge in [-0.15, -0.1) is 0 Å². The molecule has 0 aliphatic heterocycles. The first kappa shape index (κ1) is 14.4. The lowest BCUT2D eigenvalue weighted by Gasteiger charge is -2.31. The molecule has 2 N–H and O–H groups in total. The van der Waals surface area contributed by atoms with Crippen LogP contribution in [0.3, 0.4) is 0 Å². The molecule has 1 aromatic carbocycles. The Kier molecular flexibility index (Phi) is 5.67. The summed E-state index contributed by atoms with van der Waals surface area (Å²) >= 11 is 0. The van der Waals surface area contributed by atoms with Crippen LogP contribution in [0.4, 0.5) is 0 Å². The Morgan fingerprint density at radius 3 is 2.79 bits per heavy atom. The fourth-order valence-corrected chi connectivity index (χ4v) is 2.77. The third-order valence-corrected chi connectivity index (χ3v) is 4.04. The number of nitrogens with zero attached hydrogens (tertiary/aromatic N) is 1. The molecule has 1 aliphatic rings. The van der Waals surface area contributed by atoms with Crippen LogP contribution in [0.1, 0.15) is 37.7 Å². The van der Waals surface area contributed by atoms with E-state index >= 15 is 0 Å². The van der Waals surface area contributed by atoms with Gasteiger partial charge in [0.25, 0.3) is 0 Å². The predicted molar refractivity (Wildman–Crippen MR) is 79.3 cm³/mol. The summed E-state index contributed by atoms with van der Waals surface area (Å²) in [4.78, 5) is 2.45. The zero-order valence-electron chi connectivity index (χ0n) is 12.0. The van der Waals surface area contributed by atoms with Crippen LogP contribution in [0.25, 0.3) is 0 Å².